The van der Waals surface area contributed by atoms with Gasteiger partial charge >= 0.3 is 0 Å². The van der Waals surface area contributed by atoms with Crippen LogP contribution in [0.4, 0.5) is 5.69 Å². The monoisotopic (exact) mass is 336 g/mol. The third-order valence-electron chi connectivity index (χ3n) is 4.80. The van der Waals surface area contributed by atoms with Gasteiger partial charge in [-0.05, 0) is 49.9 Å². The fraction of sp³-hybridized carbons (Fsp3) is 0.333. The third kappa shape index (κ3) is 3.90. The second-order valence-electron chi connectivity index (χ2n) is 6.42. The van der Waals surface area contributed by atoms with Gasteiger partial charge in [0.2, 0.25) is 0 Å². The quantitative estimate of drug-likeness (QED) is 0.903. The number of rotatable bonds is 4. The molecule has 1 atom stereocenters. The molecule has 4 nitrogen and oxygen atoms in total. The van der Waals surface area contributed by atoms with Crippen LogP contribution in [-0.4, -0.2) is 29.3 Å². The number of hydrogen-bond donors (Lipinski definition) is 1. The van der Waals surface area contributed by atoms with Crippen molar-refractivity contribution in [1.29, 1.82) is 0 Å². The van der Waals surface area contributed by atoms with Crippen molar-refractivity contribution in [2.45, 2.75) is 38.6 Å². The summed E-state index contributed by atoms with van der Waals surface area (Å²) in [5.41, 5.74) is 1.71. The first kappa shape index (κ1) is 17.2. The van der Waals surface area contributed by atoms with Gasteiger partial charge in [0.1, 0.15) is 0 Å². The van der Waals surface area contributed by atoms with Crippen molar-refractivity contribution in [3.8, 4) is 0 Å². The Kier molecular flexibility index (Phi) is 5.49. The van der Waals surface area contributed by atoms with Gasteiger partial charge in [-0.3, -0.25) is 9.59 Å². The van der Waals surface area contributed by atoms with Crippen LogP contribution in [0.3, 0.4) is 0 Å². The van der Waals surface area contributed by atoms with E-state index in [9.17, 15) is 9.59 Å². The van der Waals surface area contributed by atoms with Gasteiger partial charge in [0.05, 0.1) is 11.3 Å². The summed E-state index contributed by atoms with van der Waals surface area (Å²) in [4.78, 5) is 27.5. The van der Waals surface area contributed by atoms with Crippen molar-refractivity contribution in [2.75, 3.05) is 11.9 Å². The van der Waals surface area contributed by atoms with Crippen molar-refractivity contribution < 1.29 is 9.59 Å². The van der Waals surface area contributed by atoms with Crippen LogP contribution >= 0.6 is 0 Å². The minimum Gasteiger partial charge on any atom is -0.336 e. The third-order valence-corrected chi connectivity index (χ3v) is 4.80. The van der Waals surface area contributed by atoms with Crippen LogP contribution in [0.15, 0.2) is 54.6 Å². The minimum atomic E-state index is -0.202. The normalized spacial score (nSPS) is 17.2. The minimum absolute atomic E-state index is 0.00973. The molecule has 2 aromatic carbocycles. The lowest BCUT2D eigenvalue weighted by Gasteiger charge is -2.35. The molecule has 4 heteroatoms. The zero-order valence-corrected chi connectivity index (χ0v) is 14.6. The number of nitrogens with zero attached hydrogens (tertiary/aromatic N) is 1. The predicted molar refractivity (Wildman–Crippen MR) is 99.8 cm³/mol. The molecule has 2 amide bonds. The summed E-state index contributed by atoms with van der Waals surface area (Å²) in [5.74, 6) is -0.193. The highest BCUT2D eigenvalue weighted by Gasteiger charge is 2.27. The van der Waals surface area contributed by atoms with Gasteiger partial charge in [-0.15, -0.1) is 0 Å². The van der Waals surface area contributed by atoms with Gasteiger partial charge in [-0.25, -0.2) is 0 Å². The summed E-state index contributed by atoms with van der Waals surface area (Å²) >= 11 is 0. The Balaban J connectivity index is 1.83. The Morgan fingerprint density at radius 3 is 2.52 bits per heavy atom. The number of likely N-dealkylation sites (tertiary alicyclic amines) is 1. The summed E-state index contributed by atoms with van der Waals surface area (Å²) in [6.45, 7) is 2.91. The zero-order chi connectivity index (χ0) is 17.6. The molecule has 0 aliphatic carbocycles. The molecular formula is C21H24N2O2. The molecule has 2 aromatic rings. The molecule has 1 N–H and O–H groups in total. The summed E-state index contributed by atoms with van der Waals surface area (Å²) < 4.78 is 0. The number of carbonyl (C=O) groups is 2. The summed E-state index contributed by atoms with van der Waals surface area (Å²) in [6.07, 6.45) is 4.24. The molecule has 1 fully saturated rings. The van der Waals surface area contributed by atoms with E-state index in [4.69, 9.17) is 0 Å². The molecule has 1 aliphatic rings. The van der Waals surface area contributed by atoms with Crippen molar-refractivity contribution in [2.24, 2.45) is 0 Å². The lowest BCUT2D eigenvalue weighted by molar-refractivity contribution is 0.0609. The molecule has 0 radical (unpaired) electrons. The Labute approximate surface area is 148 Å². The number of anilines is 1. The van der Waals surface area contributed by atoms with Crippen LogP contribution in [0, 0.1) is 0 Å². The molecule has 1 aliphatic heterocycles. The first-order chi connectivity index (χ1) is 12.2. The fourth-order valence-corrected chi connectivity index (χ4v) is 3.41. The molecule has 0 bridgehead atoms. The van der Waals surface area contributed by atoms with E-state index >= 15 is 0 Å². The van der Waals surface area contributed by atoms with Crippen LogP contribution in [0.5, 0.6) is 0 Å². The van der Waals surface area contributed by atoms with Gasteiger partial charge in [0, 0.05) is 18.2 Å². The average molecular weight is 336 g/mol. The van der Waals surface area contributed by atoms with E-state index in [1.807, 2.05) is 35.2 Å². The predicted octanol–water partition coefficient (Wildman–Crippen LogP) is 4.34. The van der Waals surface area contributed by atoms with Crippen LogP contribution < -0.4 is 5.32 Å². The highest BCUT2D eigenvalue weighted by molar-refractivity contribution is 6.09. The smallest absolute Gasteiger partial charge is 0.256 e. The van der Waals surface area contributed by atoms with Gasteiger partial charge in [0.25, 0.3) is 11.8 Å². The SMILES string of the molecule is CC[C@@H]1CCCCN1C(=O)c1ccccc1NC(=O)c1ccccc1. The molecule has 1 saturated heterocycles. The molecular weight excluding hydrogens is 312 g/mol. The van der Waals surface area contributed by atoms with Gasteiger partial charge in [-0.1, -0.05) is 37.3 Å². The van der Waals surface area contributed by atoms with Crippen molar-refractivity contribution in [3.63, 3.8) is 0 Å². The van der Waals surface area contributed by atoms with E-state index in [0.29, 0.717) is 22.9 Å². The maximum atomic E-state index is 13.1. The van der Waals surface area contributed by atoms with Crippen LogP contribution in [0.1, 0.15) is 53.3 Å². The van der Waals surface area contributed by atoms with E-state index < -0.39 is 0 Å². The fourth-order valence-electron chi connectivity index (χ4n) is 3.41. The van der Waals surface area contributed by atoms with Gasteiger partial charge in [-0.2, -0.15) is 0 Å². The summed E-state index contributed by atoms with van der Waals surface area (Å²) in [6, 6.07) is 16.6. The molecule has 0 spiro atoms. The number of carbonyl (C=O) groups excluding carboxylic acids is 2. The van der Waals surface area contributed by atoms with Crippen molar-refractivity contribution in [1.82, 2.24) is 4.90 Å². The van der Waals surface area contributed by atoms with E-state index in [1.165, 1.54) is 6.42 Å². The van der Waals surface area contributed by atoms with E-state index in [1.54, 1.807) is 24.3 Å². The Hall–Kier alpha value is -2.62. The van der Waals surface area contributed by atoms with E-state index in [-0.39, 0.29) is 11.8 Å². The Morgan fingerprint density at radius 1 is 1.04 bits per heavy atom. The first-order valence-corrected chi connectivity index (χ1v) is 8.97. The number of nitrogens with one attached hydrogen (secondary N) is 1. The van der Waals surface area contributed by atoms with E-state index in [2.05, 4.69) is 12.2 Å². The highest BCUT2D eigenvalue weighted by atomic mass is 16.2. The second kappa shape index (κ2) is 7.97. The van der Waals surface area contributed by atoms with Crippen LogP contribution in [0.2, 0.25) is 0 Å². The lowest BCUT2D eigenvalue weighted by Crippen LogP contribution is -2.43. The molecule has 3 rings (SSSR count). The highest BCUT2D eigenvalue weighted by Crippen LogP contribution is 2.25. The molecule has 0 aromatic heterocycles. The largest absolute Gasteiger partial charge is 0.336 e. The number of para-hydroxylation sites is 1. The Bertz CT molecular complexity index is 743. The van der Waals surface area contributed by atoms with E-state index in [0.717, 1.165) is 25.8 Å². The summed E-state index contributed by atoms with van der Waals surface area (Å²) in [7, 11) is 0. The maximum absolute atomic E-state index is 13.1. The molecule has 25 heavy (non-hydrogen) atoms. The number of hydrogen-bond acceptors (Lipinski definition) is 2. The molecule has 0 unspecified atom stereocenters. The topological polar surface area (TPSA) is 49.4 Å². The molecule has 0 saturated carbocycles. The summed E-state index contributed by atoms with van der Waals surface area (Å²) in [5, 5.41) is 2.89. The number of amides is 2. The molecule has 1 heterocycles. The second-order valence-corrected chi connectivity index (χ2v) is 6.42. The standard InChI is InChI=1S/C21H24N2O2/c1-2-17-12-8-9-15-23(17)21(25)18-13-6-7-14-19(18)22-20(24)16-10-4-3-5-11-16/h3-7,10-11,13-14,17H,2,8-9,12,15H2,1H3,(H,22,24)/t17-/m1/s1. The van der Waals surface area contributed by atoms with Crippen LogP contribution in [0.25, 0.3) is 0 Å². The average Bonchev–Trinajstić information content (AvgIpc) is 2.68. The number of benzene rings is 2. The first-order valence-electron chi connectivity index (χ1n) is 8.97. The molecule has 130 valence electrons. The van der Waals surface area contributed by atoms with Gasteiger partial charge in [0.15, 0.2) is 0 Å². The maximum Gasteiger partial charge on any atom is 0.256 e. The lowest BCUT2D eigenvalue weighted by atomic mass is 9.98. The van der Waals surface area contributed by atoms with Gasteiger partial charge < -0.3 is 10.2 Å². The zero-order valence-electron chi connectivity index (χ0n) is 14.6. The van der Waals surface area contributed by atoms with Crippen LogP contribution in [-0.2, 0) is 0 Å². The van der Waals surface area contributed by atoms with Crippen molar-refractivity contribution >= 4 is 17.5 Å². The van der Waals surface area contributed by atoms with Crippen molar-refractivity contribution in [3.05, 3.63) is 65.7 Å². The number of piperidine rings is 1. The Morgan fingerprint density at radius 2 is 1.76 bits per heavy atom.